The molecular formula is C46H72O3. The summed E-state index contributed by atoms with van der Waals surface area (Å²) in [6.45, 7) is 15.5. The zero-order valence-electron chi connectivity index (χ0n) is 32.4. The van der Waals surface area contributed by atoms with Crippen LogP contribution in [0, 0.1) is 52.3 Å². The van der Waals surface area contributed by atoms with Gasteiger partial charge in [-0.15, -0.1) is 0 Å². The Morgan fingerprint density at radius 2 is 1.65 bits per heavy atom. The predicted octanol–water partition coefficient (Wildman–Crippen LogP) is 12.9. The fourth-order valence-corrected chi connectivity index (χ4v) is 12.4. The summed E-state index contributed by atoms with van der Waals surface area (Å²) in [4.78, 5) is 12.9. The Morgan fingerprint density at radius 1 is 0.878 bits per heavy atom. The molecule has 5 aliphatic rings. The van der Waals surface area contributed by atoms with Crippen LogP contribution in [-0.2, 0) is 9.53 Å². The van der Waals surface area contributed by atoms with Crippen LogP contribution in [0.2, 0.25) is 0 Å². The van der Waals surface area contributed by atoms with E-state index >= 15 is 0 Å². The Hall–Kier alpha value is -1.77. The standard InChI is InChI=1S/C46H72O3/c1-7-10-34-14-16-35(17-15-34)36-18-21-38(22-19-36)48-30-9-13-44(47)49-39-26-28-45(5)37(31-39)20-23-40-42-25-24-41(33(4)12-8-11-32(2)3)46(42,6)29-27-43(40)45/h18-22,32-35,39-43H,7-17,23-31H2,1-6H3/t33-,34?,35?,39?,40+,41-,42+,43+,45+,46-/m1/s1. The van der Waals surface area contributed by atoms with Gasteiger partial charge in [-0.2, -0.15) is 0 Å². The van der Waals surface area contributed by atoms with Crippen LogP contribution in [-0.4, -0.2) is 18.7 Å². The predicted molar refractivity (Wildman–Crippen MR) is 204 cm³/mol. The van der Waals surface area contributed by atoms with E-state index in [1.807, 2.05) is 0 Å². The second-order valence-electron chi connectivity index (χ2n) is 18.7. The molecule has 0 aromatic heterocycles. The molecule has 1 unspecified atom stereocenters. The maximum Gasteiger partial charge on any atom is 0.306 e. The lowest BCUT2D eigenvalue weighted by Gasteiger charge is -2.58. The van der Waals surface area contributed by atoms with Crippen molar-refractivity contribution in [1.29, 1.82) is 0 Å². The van der Waals surface area contributed by atoms with Crippen LogP contribution < -0.4 is 4.74 Å². The zero-order chi connectivity index (χ0) is 34.6. The zero-order valence-corrected chi connectivity index (χ0v) is 32.4. The van der Waals surface area contributed by atoms with Crippen LogP contribution in [0.4, 0.5) is 0 Å². The molecule has 0 spiro atoms. The van der Waals surface area contributed by atoms with E-state index < -0.39 is 0 Å². The van der Waals surface area contributed by atoms with Gasteiger partial charge in [-0.1, -0.05) is 97.4 Å². The lowest BCUT2D eigenvalue weighted by molar-refractivity contribution is -0.151. The molecule has 0 saturated heterocycles. The van der Waals surface area contributed by atoms with Crippen molar-refractivity contribution in [3.63, 3.8) is 0 Å². The number of carbonyl (C=O) groups excluding carboxylic acids is 1. The Balaban J connectivity index is 0.932. The number of ether oxygens (including phenoxy) is 2. The number of carbonyl (C=O) groups is 1. The minimum Gasteiger partial charge on any atom is -0.494 e. The van der Waals surface area contributed by atoms with E-state index in [2.05, 4.69) is 71.9 Å². The van der Waals surface area contributed by atoms with Gasteiger partial charge >= 0.3 is 5.97 Å². The SMILES string of the molecule is CCCC1CCC(c2ccc(OCCCC(=O)OC3CC[C@@]4(C)C(=CC[C@H]5[C@@H]6CC[C@H]([C@H](C)CCCC(C)C)[C@@]6(C)CC[C@@H]54)C3)cc2)CC1. The van der Waals surface area contributed by atoms with E-state index in [-0.39, 0.29) is 12.1 Å². The number of fused-ring (bicyclic) bond motifs is 5. The quantitative estimate of drug-likeness (QED) is 0.112. The number of esters is 1. The molecule has 0 amide bonds. The van der Waals surface area contributed by atoms with Crippen LogP contribution in [0.25, 0.3) is 0 Å². The second-order valence-corrected chi connectivity index (χ2v) is 18.7. The molecule has 3 nitrogen and oxygen atoms in total. The average molecular weight is 673 g/mol. The lowest BCUT2D eigenvalue weighted by Crippen LogP contribution is -2.51. The molecule has 1 aromatic rings. The van der Waals surface area contributed by atoms with Gasteiger partial charge in [0.2, 0.25) is 0 Å². The van der Waals surface area contributed by atoms with Crippen molar-refractivity contribution >= 4 is 5.97 Å². The third kappa shape index (κ3) is 8.32. The normalized spacial score (nSPS) is 36.3. The summed E-state index contributed by atoms with van der Waals surface area (Å²) in [6.07, 6.45) is 26.3. The molecule has 5 aliphatic carbocycles. The highest BCUT2D eigenvalue weighted by molar-refractivity contribution is 5.69. The summed E-state index contributed by atoms with van der Waals surface area (Å²) in [5.74, 6) is 7.67. The molecule has 3 heteroatoms. The summed E-state index contributed by atoms with van der Waals surface area (Å²) < 4.78 is 12.2. The molecule has 0 heterocycles. The maximum atomic E-state index is 12.9. The van der Waals surface area contributed by atoms with Gasteiger partial charge in [0, 0.05) is 12.8 Å². The third-order valence-corrected chi connectivity index (χ3v) is 15.2. The maximum absolute atomic E-state index is 12.9. The molecule has 6 rings (SSSR count). The molecule has 0 radical (unpaired) electrons. The van der Waals surface area contributed by atoms with Crippen molar-refractivity contribution in [3.8, 4) is 5.75 Å². The van der Waals surface area contributed by atoms with E-state index in [0.29, 0.717) is 36.2 Å². The van der Waals surface area contributed by atoms with E-state index in [9.17, 15) is 4.79 Å². The van der Waals surface area contributed by atoms with E-state index in [1.54, 1.807) is 5.57 Å². The molecule has 0 aliphatic heterocycles. The van der Waals surface area contributed by atoms with Crippen molar-refractivity contribution in [2.75, 3.05) is 6.61 Å². The van der Waals surface area contributed by atoms with Crippen molar-refractivity contribution in [2.24, 2.45) is 52.3 Å². The fourth-order valence-electron chi connectivity index (χ4n) is 12.4. The Labute approximate surface area is 301 Å². The highest BCUT2D eigenvalue weighted by atomic mass is 16.5. The number of benzene rings is 1. The van der Waals surface area contributed by atoms with Gasteiger partial charge in [0.1, 0.15) is 11.9 Å². The van der Waals surface area contributed by atoms with Crippen molar-refractivity contribution in [1.82, 2.24) is 0 Å². The van der Waals surface area contributed by atoms with Crippen LogP contribution in [0.3, 0.4) is 0 Å². The topological polar surface area (TPSA) is 35.5 Å². The summed E-state index contributed by atoms with van der Waals surface area (Å²) in [5.41, 5.74) is 3.91. The van der Waals surface area contributed by atoms with Crippen molar-refractivity contribution < 1.29 is 14.3 Å². The second kappa shape index (κ2) is 16.3. The van der Waals surface area contributed by atoms with Crippen LogP contribution >= 0.6 is 0 Å². The smallest absolute Gasteiger partial charge is 0.306 e. The van der Waals surface area contributed by atoms with Crippen LogP contribution in [0.5, 0.6) is 5.75 Å². The average Bonchev–Trinajstić information content (AvgIpc) is 3.45. The van der Waals surface area contributed by atoms with Gasteiger partial charge in [-0.05, 0) is 153 Å². The first-order chi connectivity index (χ1) is 23.6. The molecule has 1 aromatic carbocycles. The van der Waals surface area contributed by atoms with E-state index in [0.717, 1.165) is 60.0 Å². The number of rotatable bonds is 14. The molecule has 0 bridgehead atoms. The molecule has 4 saturated carbocycles. The van der Waals surface area contributed by atoms with Gasteiger partial charge < -0.3 is 9.47 Å². The van der Waals surface area contributed by atoms with E-state index in [1.165, 1.54) is 102 Å². The van der Waals surface area contributed by atoms with Gasteiger partial charge in [0.25, 0.3) is 0 Å². The fraction of sp³-hybridized carbons (Fsp3) is 0.804. The highest BCUT2D eigenvalue weighted by Gasteiger charge is 2.59. The van der Waals surface area contributed by atoms with Gasteiger partial charge in [0.05, 0.1) is 6.61 Å². The Morgan fingerprint density at radius 3 is 2.39 bits per heavy atom. The first-order valence-electron chi connectivity index (χ1n) is 21.2. The summed E-state index contributed by atoms with van der Waals surface area (Å²) >= 11 is 0. The molecule has 274 valence electrons. The number of hydrogen-bond acceptors (Lipinski definition) is 3. The van der Waals surface area contributed by atoms with Gasteiger partial charge in [0.15, 0.2) is 0 Å². The highest BCUT2D eigenvalue weighted by Crippen LogP contribution is 2.67. The number of hydrogen-bond donors (Lipinski definition) is 0. The minimum atomic E-state index is -0.0477. The molecule has 0 N–H and O–H groups in total. The van der Waals surface area contributed by atoms with Crippen LogP contribution in [0.15, 0.2) is 35.9 Å². The molecule has 4 fully saturated rings. The largest absolute Gasteiger partial charge is 0.494 e. The molecule has 8 atom stereocenters. The van der Waals surface area contributed by atoms with Crippen molar-refractivity contribution in [3.05, 3.63) is 41.5 Å². The summed E-state index contributed by atoms with van der Waals surface area (Å²) in [7, 11) is 0. The molecular weight excluding hydrogens is 601 g/mol. The first-order valence-corrected chi connectivity index (χ1v) is 21.2. The van der Waals surface area contributed by atoms with Crippen LogP contribution in [0.1, 0.15) is 175 Å². The number of allylic oxidation sites excluding steroid dienone is 1. The van der Waals surface area contributed by atoms with Gasteiger partial charge in [-0.25, -0.2) is 0 Å². The summed E-state index contributed by atoms with van der Waals surface area (Å²) in [5, 5.41) is 0. The van der Waals surface area contributed by atoms with Crippen molar-refractivity contribution in [2.45, 2.75) is 176 Å². The lowest BCUT2D eigenvalue weighted by atomic mass is 9.47. The molecule has 49 heavy (non-hydrogen) atoms. The van der Waals surface area contributed by atoms with Gasteiger partial charge in [-0.3, -0.25) is 4.79 Å². The monoisotopic (exact) mass is 673 g/mol. The Kier molecular flexibility index (Phi) is 12.3. The van der Waals surface area contributed by atoms with E-state index in [4.69, 9.17) is 9.47 Å². The summed E-state index contributed by atoms with van der Waals surface area (Å²) in [6, 6.07) is 8.78. The Bertz CT molecular complexity index is 1240. The first kappa shape index (κ1) is 37.0. The third-order valence-electron chi connectivity index (χ3n) is 15.2. The minimum absolute atomic E-state index is 0.0466.